The first kappa shape index (κ1) is 16.9. The monoisotopic (exact) mass is 314 g/mol. The van der Waals surface area contributed by atoms with Gasteiger partial charge in [-0.25, -0.2) is 0 Å². The zero-order valence-corrected chi connectivity index (χ0v) is 12.3. The summed E-state index contributed by atoms with van der Waals surface area (Å²) in [4.78, 5) is 36.6. The topological polar surface area (TPSA) is 109 Å². The second-order valence-electron chi connectivity index (χ2n) is 3.77. The van der Waals surface area contributed by atoms with Crippen LogP contribution in [0.1, 0.15) is 19.5 Å². The third-order valence-corrected chi connectivity index (χ3v) is 3.18. The number of hydrogen-bond donors (Lipinski definition) is 0. The largest absolute Gasteiger partial charge is 0.465 e. The minimum absolute atomic E-state index is 0.0420. The fraction of sp³-hybridized carbons (Fsp3) is 0.417. The molecular formula is C12H14N2O6S. The minimum Gasteiger partial charge on any atom is -0.465 e. The average Bonchev–Trinajstić information content (AvgIpc) is 2.43. The van der Waals surface area contributed by atoms with E-state index in [4.69, 9.17) is 9.47 Å². The van der Waals surface area contributed by atoms with Gasteiger partial charge in [-0.2, -0.15) is 0 Å². The van der Waals surface area contributed by atoms with Gasteiger partial charge in [-0.3, -0.25) is 24.7 Å². The summed E-state index contributed by atoms with van der Waals surface area (Å²) in [5, 5.41) is 11.0. The number of esters is 2. The van der Waals surface area contributed by atoms with Crippen LogP contribution in [0.4, 0.5) is 5.69 Å². The SMILES string of the molecule is CCOC(=O)CSc1cnc(COC(C)=O)cc1[N+](=O)[O-]. The molecule has 0 aromatic carbocycles. The van der Waals surface area contributed by atoms with Crippen molar-refractivity contribution < 1.29 is 24.0 Å². The van der Waals surface area contributed by atoms with Gasteiger partial charge in [0.05, 0.1) is 23.0 Å². The lowest BCUT2D eigenvalue weighted by molar-refractivity contribution is -0.387. The molecule has 0 aliphatic heterocycles. The summed E-state index contributed by atoms with van der Waals surface area (Å²) in [5.74, 6) is -0.999. The van der Waals surface area contributed by atoms with Crippen molar-refractivity contribution in [1.29, 1.82) is 0 Å². The van der Waals surface area contributed by atoms with Crippen LogP contribution in [0.2, 0.25) is 0 Å². The van der Waals surface area contributed by atoms with Crippen LogP contribution >= 0.6 is 11.8 Å². The van der Waals surface area contributed by atoms with Gasteiger partial charge in [-0.05, 0) is 6.92 Å². The predicted molar refractivity (Wildman–Crippen MR) is 73.7 cm³/mol. The van der Waals surface area contributed by atoms with Gasteiger partial charge < -0.3 is 9.47 Å². The number of nitrogens with zero attached hydrogens (tertiary/aromatic N) is 2. The maximum atomic E-state index is 11.3. The number of rotatable bonds is 7. The molecule has 0 unspecified atom stereocenters. The minimum atomic E-state index is -0.577. The zero-order chi connectivity index (χ0) is 15.8. The zero-order valence-electron chi connectivity index (χ0n) is 11.5. The van der Waals surface area contributed by atoms with Crippen LogP contribution in [0.25, 0.3) is 0 Å². The smallest absolute Gasteiger partial charge is 0.316 e. The van der Waals surface area contributed by atoms with Crippen LogP contribution < -0.4 is 0 Å². The molecule has 0 saturated carbocycles. The highest BCUT2D eigenvalue weighted by Crippen LogP contribution is 2.29. The van der Waals surface area contributed by atoms with E-state index in [1.807, 2.05) is 0 Å². The molecule has 0 aliphatic rings. The van der Waals surface area contributed by atoms with Crippen LogP contribution in [0.3, 0.4) is 0 Å². The molecule has 0 atom stereocenters. The van der Waals surface area contributed by atoms with E-state index in [1.54, 1.807) is 6.92 Å². The number of aromatic nitrogens is 1. The standard InChI is InChI=1S/C12H14N2O6S/c1-3-19-12(16)7-21-11-5-13-9(6-20-8(2)15)4-10(11)14(17)18/h4-5H,3,6-7H2,1-2H3. The molecule has 0 amide bonds. The van der Waals surface area contributed by atoms with Gasteiger partial charge >= 0.3 is 11.9 Å². The number of carbonyl (C=O) groups is 2. The van der Waals surface area contributed by atoms with Crippen molar-refractivity contribution in [3.05, 3.63) is 28.1 Å². The molecule has 1 aromatic rings. The summed E-state index contributed by atoms with van der Waals surface area (Å²) in [6, 6.07) is 1.22. The van der Waals surface area contributed by atoms with Crippen molar-refractivity contribution in [1.82, 2.24) is 4.98 Å². The Bertz CT molecular complexity index is 549. The van der Waals surface area contributed by atoms with E-state index in [2.05, 4.69) is 4.98 Å². The Balaban J connectivity index is 2.81. The van der Waals surface area contributed by atoms with E-state index in [9.17, 15) is 19.7 Å². The first-order valence-electron chi connectivity index (χ1n) is 5.99. The molecule has 1 heterocycles. The maximum Gasteiger partial charge on any atom is 0.316 e. The maximum absolute atomic E-state index is 11.3. The number of pyridine rings is 1. The van der Waals surface area contributed by atoms with Gasteiger partial charge in [0.1, 0.15) is 11.5 Å². The average molecular weight is 314 g/mol. The number of thioether (sulfide) groups is 1. The van der Waals surface area contributed by atoms with E-state index >= 15 is 0 Å². The van der Waals surface area contributed by atoms with Gasteiger partial charge in [-0.15, -0.1) is 11.8 Å². The summed E-state index contributed by atoms with van der Waals surface area (Å²) < 4.78 is 9.47. The number of ether oxygens (including phenoxy) is 2. The van der Waals surface area contributed by atoms with Crippen molar-refractivity contribution >= 4 is 29.4 Å². The van der Waals surface area contributed by atoms with Crippen molar-refractivity contribution in [3.63, 3.8) is 0 Å². The Morgan fingerprint density at radius 1 is 1.43 bits per heavy atom. The number of nitro groups is 1. The number of hydrogen-bond acceptors (Lipinski definition) is 8. The lowest BCUT2D eigenvalue weighted by atomic mass is 10.3. The highest BCUT2D eigenvalue weighted by atomic mass is 32.2. The molecule has 0 saturated heterocycles. The van der Waals surface area contributed by atoms with Crippen LogP contribution in [-0.2, 0) is 25.7 Å². The summed E-state index contributed by atoms with van der Waals surface area (Å²) in [5.41, 5.74) is 0.0684. The molecule has 21 heavy (non-hydrogen) atoms. The Morgan fingerprint density at radius 3 is 2.71 bits per heavy atom. The van der Waals surface area contributed by atoms with Crippen molar-refractivity contribution in [2.24, 2.45) is 0 Å². The van der Waals surface area contributed by atoms with Crippen molar-refractivity contribution in [3.8, 4) is 0 Å². The van der Waals surface area contributed by atoms with E-state index in [0.29, 0.717) is 0 Å². The second-order valence-corrected chi connectivity index (χ2v) is 4.79. The summed E-state index contributed by atoms with van der Waals surface area (Å²) in [6.45, 7) is 3.02. The van der Waals surface area contributed by atoms with Gasteiger partial charge in [0, 0.05) is 19.2 Å². The Labute approximate surface area is 125 Å². The lowest BCUT2D eigenvalue weighted by Crippen LogP contribution is -2.07. The molecule has 0 spiro atoms. The normalized spacial score (nSPS) is 10.0. The quantitative estimate of drug-likeness (QED) is 0.324. The van der Waals surface area contributed by atoms with E-state index in [0.717, 1.165) is 11.8 Å². The molecular weight excluding hydrogens is 300 g/mol. The Hall–Kier alpha value is -2.16. The lowest BCUT2D eigenvalue weighted by Gasteiger charge is -2.05. The first-order chi connectivity index (χ1) is 9.93. The molecule has 8 nitrogen and oxygen atoms in total. The van der Waals surface area contributed by atoms with Gasteiger partial charge in [-0.1, -0.05) is 0 Å². The van der Waals surface area contributed by atoms with Crippen LogP contribution in [0, 0.1) is 10.1 Å². The highest BCUT2D eigenvalue weighted by molar-refractivity contribution is 8.00. The fourth-order valence-corrected chi connectivity index (χ4v) is 2.09. The van der Waals surface area contributed by atoms with Crippen molar-refractivity contribution in [2.75, 3.05) is 12.4 Å². The highest BCUT2D eigenvalue weighted by Gasteiger charge is 2.18. The first-order valence-corrected chi connectivity index (χ1v) is 6.97. The van der Waals surface area contributed by atoms with Crippen LogP contribution in [0.5, 0.6) is 0 Å². The molecule has 0 N–H and O–H groups in total. The predicted octanol–water partition coefficient (Wildman–Crippen LogP) is 1.71. The van der Waals surface area contributed by atoms with Crippen LogP contribution in [0.15, 0.2) is 17.2 Å². The third kappa shape index (κ3) is 5.78. The Kier molecular flexibility index (Phi) is 6.60. The van der Waals surface area contributed by atoms with E-state index in [1.165, 1.54) is 19.2 Å². The molecule has 0 bridgehead atoms. The van der Waals surface area contributed by atoms with Gasteiger partial charge in [0.25, 0.3) is 5.69 Å². The van der Waals surface area contributed by atoms with Gasteiger partial charge in [0.15, 0.2) is 0 Å². The second kappa shape index (κ2) is 8.20. The third-order valence-electron chi connectivity index (χ3n) is 2.17. The summed E-state index contributed by atoms with van der Waals surface area (Å²) in [7, 11) is 0. The Morgan fingerprint density at radius 2 is 2.14 bits per heavy atom. The molecule has 1 rings (SSSR count). The summed E-state index contributed by atoms with van der Waals surface area (Å²) >= 11 is 0.970. The summed E-state index contributed by atoms with van der Waals surface area (Å²) in [6.07, 6.45) is 1.28. The van der Waals surface area contributed by atoms with Crippen molar-refractivity contribution in [2.45, 2.75) is 25.3 Å². The molecule has 9 heteroatoms. The van der Waals surface area contributed by atoms with E-state index < -0.39 is 16.9 Å². The number of carbonyl (C=O) groups excluding carboxylic acids is 2. The molecule has 0 fully saturated rings. The molecule has 0 aliphatic carbocycles. The van der Waals surface area contributed by atoms with Crippen LogP contribution in [-0.4, -0.2) is 34.2 Å². The fourth-order valence-electron chi connectivity index (χ4n) is 1.32. The van der Waals surface area contributed by atoms with E-state index in [-0.39, 0.29) is 35.2 Å². The molecule has 0 radical (unpaired) electrons. The molecule has 114 valence electrons. The molecule has 1 aromatic heterocycles. The van der Waals surface area contributed by atoms with Gasteiger partial charge in [0.2, 0.25) is 0 Å².